The fourth-order valence-electron chi connectivity index (χ4n) is 1.33. The molecular weight excluding hydrogens is 268 g/mol. The van der Waals surface area contributed by atoms with E-state index < -0.39 is 0 Å². The number of amides is 1. The molecule has 16 heavy (non-hydrogen) atoms. The highest BCUT2D eigenvalue weighted by Gasteiger charge is 1.97. The van der Waals surface area contributed by atoms with Gasteiger partial charge in [-0.3, -0.25) is 4.79 Å². The van der Waals surface area contributed by atoms with Gasteiger partial charge in [0.05, 0.1) is 0 Å². The van der Waals surface area contributed by atoms with Gasteiger partial charge >= 0.3 is 0 Å². The van der Waals surface area contributed by atoms with E-state index in [9.17, 15) is 4.79 Å². The maximum absolute atomic E-state index is 10.9. The summed E-state index contributed by atoms with van der Waals surface area (Å²) in [6.45, 7) is 1.71. The third-order valence-electron chi connectivity index (χ3n) is 2.28. The second kappa shape index (κ2) is 7.41. The van der Waals surface area contributed by atoms with Crippen LogP contribution in [0.25, 0.3) is 0 Å². The van der Waals surface area contributed by atoms with Gasteiger partial charge in [-0.05, 0) is 30.7 Å². The highest BCUT2D eigenvalue weighted by atomic mass is 79.9. The standard InChI is InChI=1S/C12H17BrN2O/c1-14-12(16)3-2-8-15-9-10-4-6-11(13)7-5-10/h4-7,15H,2-3,8-9H2,1H3,(H,14,16). The SMILES string of the molecule is CNC(=O)CCCNCc1ccc(Br)cc1. The third-order valence-corrected chi connectivity index (χ3v) is 2.81. The monoisotopic (exact) mass is 284 g/mol. The molecule has 0 aliphatic heterocycles. The molecule has 0 aromatic heterocycles. The first-order valence-electron chi connectivity index (χ1n) is 5.38. The van der Waals surface area contributed by atoms with Crippen molar-refractivity contribution in [2.75, 3.05) is 13.6 Å². The topological polar surface area (TPSA) is 41.1 Å². The molecule has 0 aliphatic rings. The summed E-state index contributed by atoms with van der Waals surface area (Å²) in [7, 11) is 1.66. The van der Waals surface area contributed by atoms with E-state index >= 15 is 0 Å². The smallest absolute Gasteiger partial charge is 0.219 e. The van der Waals surface area contributed by atoms with E-state index in [0.29, 0.717) is 6.42 Å². The van der Waals surface area contributed by atoms with E-state index in [4.69, 9.17) is 0 Å². The number of rotatable bonds is 6. The molecule has 1 rings (SSSR count). The summed E-state index contributed by atoms with van der Waals surface area (Å²) in [4.78, 5) is 10.9. The largest absolute Gasteiger partial charge is 0.359 e. The molecule has 0 saturated carbocycles. The predicted molar refractivity (Wildman–Crippen MR) is 69.1 cm³/mol. The molecule has 0 spiro atoms. The van der Waals surface area contributed by atoms with Crippen LogP contribution in [0.15, 0.2) is 28.7 Å². The minimum Gasteiger partial charge on any atom is -0.359 e. The van der Waals surface area contributed by atoms with Crippen molar-refractivity contribution in [3.8, 4) is 0 Å². The molecular formula is C12H17BrN2O. The van der Waals surface area contributed by atoms with Crippen molar-refractivity contribution in [2.45, 2.75) is 19.4 Å². The first kappa shape index (κ1) is 13.2. The van der Waals surface area contributed by atoms with Crippen LogP contribution in [-0.2, 0) is 11.3 Å². The van der Waals surface area contributed by atoms with Crippen LogP contribution in [-0.4, -0.2) is 19.5 Å². The van der Waals surface area contributed by atoms with Crippen LogP contribution in [0.2, 0.25) is 0 Å². The normalized spacial score (nSPS) is 10.1. The molecule has 0 aliphatic carbocycles. The fraction of sp³-hybridized carbons (Fsp3) is 0.417. The molecule has 1 aromatic rings. The Morgan fingerprint density at radius 3 is 2.62 bits per heavy atom. The van der Waals surface area contributed by atoms with Crippen molar-refractivity contribution in [3.63, 3.8) is 0 Å². The summed E-state index contributed by atoms with van der Waals surface area (Å²) >= 11 is 3.40. The Bertz CT molecular complexity index is 324. The maximum Gasteiger partial charge on any atom is 0.219 e. The molecule has 0 fully saturated rings. The van der Waals surface area contributed by atoms with E-state index in [1.165, 1.54) is 5.56 Å². The predicted octanol–water partition coefficient (Wildman–Crippen LogP) is 2.06. The van der Waals surface area contributed by atoms with Crippen molar-refractivity contribution in [2.24, 2.45) is 0 Å². The average Bonchev–Trinajstić information content (AvgIpc) is 2.31. The number of hydrogen-bond donors (Lipinski definition) is 2. The van der Waals surface area contributed by atoms with E-state index in [1.54, 1.807) is 7.05 Å². The lowest BCUT2D eigenvalue weighted by Crippen LogP contribution is -2.20. The summed E-state index contributed by atoms with van der Waals surface area (Å²) in [5, 5.41) is 5.91. The molecule has 1 amide bonds. The van der Waals surface area contributed by atoms with Gasteiger partial charge < -0.3 is 10.6 Å². The van der Waals surface area contributed by atoms with Crippen molar-refractivity contribution in [1.82, 2.24) is 10.6 Å². The van der Waals surface area contributed by atoms with Crippen molar-refractivity contribution in [1.29, 1.82) is 0 Å². The molecule has 0 saturated heterocycles. The van der Waals surface area contributed by atoms with Gasteiger partial charge in [0.25, 0.3) is 0 Å². The van der Waals surface area contributed by atoms with Gasteiger partial charge in [0.15, 0.2) is 0 Å². The van der Waals surface area contributed by atoms with E-state index in [1.807, 2.05) is 12.1 Å². The van der Waals surface area contributed by atoms with Gasteiger partial charge in [-0.2, -0.15) is 0 Å². The van der Waals surface area contributed by atoms with Gasteiger partial charge in [-0.1, -0.05) is 28.1 Å². The van der Waals surface area contributed by atoms with Gasteiger partial charge in [0.2, 0.25) is 5.91 Å². The molecule has 0 atom stereocenters. The second-order valence-corrected chi connectivity index (χ2v) is 4.50. The van der Waals surface area contributed by atoms with E-state index in [0.717, 1.165) is 24.0 Å². The lowest BCUT2D eigenvalue weighted by molar-refractivity contribution is -0.120. The van der Waals surface area contributed by atoms with Crippen LogP contribution in [0, 0.1) is 0 Å². The Morgan fingerprint density at radius 1 is 1.31 bits per heavy atom. The number of hydrogen-bond acceptors (Lipinski definition) is 2. The zero-order valence-corrected chi connectivity index (χ0v) is 11.0. The number of carbonyl (C=O) groups excluding carboxylic acids is 1. The number of carbonyl (C=O) groups is 1. The summed E-state index contributed by atoms with van der Waals surface area (Å²) in [5.41, 5.74) is 1.25. The molecule has 0 heterocycles. The van der Waals surface area contributed by atoms with E-state index in [2.05, 4.69) is 38.7 Å². The number of nitrogens with one attached hydrogen (secondary N) is 2. The van der Waals surface area contributed by atoms with E-state index in [-0.39, 0.29) is 5.91 Å². The summed E-state index contributed by atoms with van der Waals surface area (Å²) in [5.74, 6) is 0.102. The Labute approximate surface area is 105 Å². The molecule has 4 heteroatoms. The lowest BCUT2D eigenvalue weighted by Gasteiger charge is -2.04. The van der Waals surface area contributed by atoms with Gasteiger partial charge in [0.1, 0.15) is 0 Å². The first-order chi connectivity index (χ1) is 7.72. The van der Waals surface area contributed by atoms with Crippen LogP contribution < -0.4 is 10.6 Å². The minimum atomic E-state index is 0.102. The summed E-state index contributed by atoms with van der Waals surface area (Å²) in [6.07, 6.45) is 1.46. The van der Waals surface area contributed by atoms with Gasteiger partial charge in [0, 0.05) is 24.5 Å². The van der Waals surface area contributed by atoms with Crippen LogP contribution in [0.1, 0.15) is 18.4 Å². The van der Waals surface area contributed by atoms with Crippen molar-refractivity contribution >= 4 is 21.8 Å². The molecule has 0 radical (unpaired) electrons. The average molecular weight is 285 g/mol. The van der Waals surface area contributed by atoms with Gasteiger partial charge in [-0.15, -0.1) is 0 Å². The molecule has 0 unspecified atom stereocenters. The quantitative estimate of drug-likeness (QED) is 0.786. The number of benzene rings is 1. The Morgan fingerprint density at radius 2 is 2.00 bits per heavy atom. The summed E-state index contributed by atoms with van der Waals surface area (Å²) < 4.78 is 1.09. The van der Waals surface area contributed by atoms with Crippen LogP contribution in [0.4, 0.5) is 0 Å². The molecule has 0 bridgehead atoms. The zero-order chi connectivity index (χ0) is 11.8. The molecule has 88 valence electrons. The van der Waals surface area contributed by atoms with Crippen LogP contribution in [0.5, 0.6) is 0 Å². The fourth-order valence-corrected chi connectivity index (χ4v) is 1.60. The molecule has 2 N–H and O–H groups in total. The maximum atomic E-state index is 10.9. The Kier molecular flexibility index (Phi) is 6.11. The van der Waals surface area contributed by atoms with Gasteiger partial charge in [-0.25, -0.2) is 0 Å². The lowest BCUT2D eigenvalue weighted by atomic mass is 10.2. The highest BCUT2D eigenvalue weighted by molar-refractivity contribution is 9.10. The molecule has 3 nitrogen and oxygen atoms in total. The minimum absolute atomic E-state index is 0.102. The first-order valence-corrected chi connectivity index (χ1v) is 6.17. The number of halogens is 1. The van der Waals surface area contributed by atoms with Crippen LogP contribution in [0.3, 0.4) is 0 Å². The second-order valence-electron chi connectivity index (χ2n) is 3.58. The summed E-state index contributed by atoms with van der Waals surface area (Å²) in [6, 6.07) is 8.22. The highest BCUT2D eigenvalue weighted by Crippen LogP contribution is 2.10. The van der Waals surface area contributed by atoms with Crippen molar-refractivity contribution < 1.29 is 4.79 Å². The zero-order valence-electron chi connectivity index (χ0n) is 9.42. The van der Waals surface area contributed by atoms with Crippen molar-refractivity contribution in [3.05, 3.63) is 34.3 Å². The van der Waals surface area contributed by atoms with Crippen LogP contribution >= 0.6 is 15.9 Å². The Balaban J connectivity index is 2.11. The molecule has 1 aromatic carbocycles. The third kappa shape index (κ3) is 5.28. The Hall–Kier alpha value is -0.870.